The minimum Gasteiger partial charge on any atom is -0.309 e. The molecule has 0 spiro atoms. The third-order valence-electron chi connectivity index (χ3n) is 14.0. The molecule has 0 saturated carbocycles. The second-order valence-corrected chi connectivity index (χ2v) is 18.7. The van der Waals surface area contributed by atoms with Crippen molar-refractivity contribution < 1.29 is 0 Å². The van der Waals surface area contributed by atoms with E-state index in [2.05, 4.69) is 228 Å². The monoisotopic (exact) mass is 868 g/mol. The highest BCUT2D eigenvalue weighted by molar-refractivity contribution is 7.27. The van der Waals surface area contributed by atoms with Gasteiger partial charge in [-0.15, -0.1) is 11.3 Å². The SMILES string of the molecule is c1ccc(-c2cccc(-c3nc(-n4c5ccccc5c5c6ccccc6c6c7cc8c9ccccc9n(-c9cc%10ccccc%10c%10ccccc9%10)c8cc7sc6c54)c4ccccc4n3)c2)cc1. The number of nitrogens with zero attached hydrogens (tertiary/aromatic N) is 4. The second kappa shape index (κ2) is 13.9. The maximum atomic E-state index is 5.60. The first-order chi connectivity index (χ1) is 33.2. The Kier molecular flexibility index (Phi) is 7.63. The van der Waals surface area contributed by atoms with Crippen molar-refractivity contribution in [2.24, 2.45) is 0 Å². The highest BCUT2D eigenvalue weighted by Crippen LogP contribution is 2.50. The molecular weight excluding hydrogens is 833 g/mol. The van der Waals surface area contributed by atoms with Gasteiger partial charge in [0.05, 0.1) is 38.0 Å². The zero-order chi connectivity index (χ0) is 43.7. The molecule has 310 valence electrons. The Balaban J connectivity index is 1.07. The molecule has 0 fully saturated rings. The quantitative estimate of drug-likeness (QED) is 0.165. The van der Waals surface area contributed by atoms with E-state index in [0.29, 0.717) is 5.82 Å². The average molecular weight is 869 g/mol. The molecule has 5 heteroatoms. The fourth-order valence-electron chi connectivity index (χ4n) is 11.2. The molecule has 0 radical (unpaired) electrons. The van der Waals surface area contributed by atoms with E-state index in [-0.39, 0.29) is 0 Å². The lowest BCUT2D eigenvalue weighted by atomic mass is 9.98. The van der Waals surface area contributed by atoms with Crippen LogP contribution in [0.4, 0.5) is 0 Å². The second-order valence-electron chi connectivity index (χ2n) is 17.6. The molecule has 67 heavy (non-hydrogen) atoms. The van der Waals surface area contributed by atoms with Gasteiger partial charge in [-0.2, -0.15) is 0 Å². The minimum absolute atomic E-state index is 0.696. The van der Waals surface area contributed by atoms with Crippen LogP contribution in [-0.2, 0) is 0 Å². The van der Waals surface area contributed by atoms with Crippen LogP contribution in [0.2, 0.25) is 0 Å². The van der Waals surface area contributed by atoms with Crippen molar-refractivity contribution in [3.63, 3.8) is 0 Å². The molecule has 0 aliphatic rings. The van der Waals surface area contributed by atoms with Gasteiger partial charge in [0.25, 0.3) is 0 Å². The number of fused-ring (bicyclic) bond motifs is 17. The molecule has 15 rings (SSSR count). The van der Waals surface area contributed by atoms with Crippen LogP contribution in [0.15, 0.2) is 218 Å². The fourth-order valence-corrected chi connectivity index (χ4v) is 12.4. The van der Waals surface area contributed by atoms with Gasteiger partial charge in [0.1, 0.15) is 5.82 Å². The van der Waals surface area contributed by atoms with Gasteiger partial charge < -0.3 is 4.57 Å². The van der Waals surface area contributed by atoms with Crippen molar-refractivity contribution in [2.45, 2.75) is 0 Å². The highest BCUT2D eigenvalue weighted by Gasteiger charge is 2.25. The molecule has 11 aromatic carbocycles. The van der Waals surface area contributed by atoms with Crippen molar-refractivity contribution in [3.8, 4) is 34.0 Å². The molecule has 0 atom stereocenters. The number of aromatic nitrogens is 4. The van der Waals surface area contributed by atoms with Crippen molar-refractivity contribution in [1.82, 2.24) is 19.1 Å². The smallest absolute Gasteiger partial charge is 0.162 e. The van der Waals surface area contributed by atoms with E-state index < -0.39 is 0 Å². The maximum absolute atomic E-state index is 5.60. The Morgan fingerprint density at radius 3 is 1.78 bits per heavy atom. The van der Waals surface area contributed by atoms with Gasteiger partial charge >= 0.3 is 0 Å². The van der Waals surface area contributed by atoms with Crippen LogP contribution in [0.3, 0.4) is 0 Å². The summed E-state index contributed by atoms with van der Waals surface area (Å²) in [7, 11) is 0. The molecule has 0 unspecified atom stereocenters. The fraction of sp³-hybridized carbons (Fsp3) is 0. The van der Waals surface area contributed by atoms with E-state index in [9.17, 15) is 0 Å². The predicted octanol–water partition coefficient (Wildman–Crippen LogP) is 17.0. The molecule has 0 amide bonds. The lowest BCUT2D eigenvalue weighted by molar-refractivity contribution is 1.08. The van der Waals surface area contributed by atoms with E-state index in [0.717, 1.165) is 38.9 Å². The van der Waals surface area contributed by atoms with Crippen molar-refractivity contribution >= 4 is 118 Å². The van der Waals surface area contributed by atoms with Gasteiger partial charge in [0.15, 0.2) is 5.82 Å². The van der Waals surface area contributed by atoms with Gasteiger partial charge in [-0.25, -0.2) is 9.97 Å². The van der Waals surface area contributed by atoms with Crippen molar-refractivity contribution in [1.29, 1.82) is 0 Å². The lowest BCUT2D eigenvalue weighted by Gasteiger charge is -2.14. The summed E-state index contributed by atoms with van der Waals surface area (Å²) in [4.78, 5) is 10.9. The van der Waals surface area contributed by atoms with Gasteiger partial charge in [-0.1, -0.05) is 170 Å². The largest absolute Gasteiger partial charge is 0.309 e. The van der Waals surface area contributed by atoms with Crippen molar-refractivity contribution in [2.75, 3.05) is 0 Å². The Hall–Kier alpha value is -8.64. The van der Waals surface area contributed by atoms with Crippen LogP contribution in [0.25, 0.3) is 141 Å². The summed E-state index contributed by atoms with van der Waals surface area (Å²) in [6, 6.07) is 79.4. The first-order valence-electron chi connectivity index (χ1n) is 22.8. The van der Waals surface area contributed by atoms with Crippen LogP contribution in [0.1, 0.15) is 0 Å². The molecule has 4 aromatic heterocycles. The average Bonchev–Trinajstić information content (AvgIpc) is 4.05. The number of thiophene rings is 1. The molecule has 4 nitrogen and oxygen atoms in total. The van der Waals surface area contributed by atoms with E-state index in [1.54, 1.807) is 0 Å². The number of para-hydroxylation sites is 3. The summed E-state index contributed by atoms with van der Waals surface area (Å²) in [5, 5.41) is 16.0. The van der Waals surface area contributed by atoms with Gasteiger partial charge in [-0.3, -0.25) is 4.57 Å². The molecule has 0 N–H and O–H groups in total. The van der Waals surface area contributed by atoms with E-state index >= 15 is 0 Å². The van der Waals surface area contributed by atoms with Crippen molar-refractivity contribution in [3.05, 3.63) is 218 Å². The predicted molar refractivity (Wildman–Crippen MR) is 284 cm³/mol. The normalized spacial score (nSPS) is 12.2. The summed E-state index contributed by atoms with van der Waals surface area (Å²) in [6.07, 6.45) is 0. The first kappa shape index (κ1) is 36.7. The molecule has 0 aliphatic heterocycles. The molecule has 0 saturated heterocycles. The Labute approximate surface area is 387 Å². The van der Waals surface area contributed by atoms with E-state index in [1.807, 2.05) is 11.3 Å². The van der Waals surface area contributed by atoms with Gasteiger partial charge in [0, 0.05) is 53.4 Å². The molecule has 0 bridgehead atoms. The van der Waals surface area contributed by atoms with Crippen LogP contribution < -0.4 is 0 Å². The first-order valence-corrected chi connectivity index (χ1v) is 23.6. The number of hydrogen-bond donors (Lipinski definition) is 0. The number of rotatable bonds is 4. The Morgan fingerprint density at radius 1 is 0.343 bits per heavy atom. The third kappa shape index (κ3) is 5.23. The summed E-state index contributed by atoms with van der Waals surface area (Å²) < 4.78 is 7.45. The van der Waals surface area contributed by atoms with Gasteiger partial charge in [0.2, 0.25) is 0 Å². The van der Waals surface area contributed by atoms with Crippen LogP contribution in [0.5, 0.6) is 0 Å². The number of benzene rings is 11. The highest BCUT2D eigenvalue weighted by atomic mass is 32.1. The van der Waals surface area contributed by atoms with E-state index in [1.165, 1.54) is 96.3 Å². The zero-order valence-electron chi connectivity index (χ0n) is 36.0. The topological polar surface area (TPSA) is 35.6 Å². The number of hydrogen-bond acceptors (Lipinski definition) is 3. The summed E-state index contributed by atoms with van der Waals surface area (Å²) in [5.41, 5.74) is 10.1. The molecule has 15 aromatic rings. The summed E-state index contributed by atoms with van der Waals surface area (Å²) in [5.74, 6) is 1.57. The maximum Gasteiger partial charge on any atom is 0.162 e. The summed E-state index contributed by atoms with van der Waals surface area (Å²) >= 11 is 1.89. The third-order valence-corrected chi connectivity index (χ3v) is 15.2. The standard InChI is InChI=1S/C62H36N4S/c1-2-17-37(18-3-1)38-20-16-21-40(33-38)61-63-51-30-13-10-28-47(51)62(64-61)66-53-32-15-12-29-48(53)57-45-26-8-9-27-46(45)58-50-35-49-44-25-11-14-31-52(44)65(55(49)36-56(50)67-60(58)59(57)66)54-34-39-19-4-5-22-41(39)42-23-6-7-24-43(42)54/h1-36H. The Morgan fingerprint density at radius 2 is 0.955 bits per heavy atom. The van der Waals surface area contributed by atoms with Crippen LogP contribution in [-0.4, -0.2) is 19.1 Å². The zero-order valence-corrected chi connectivity index (χ0v) is 36.8. The minimum atomic E-state index is 0.696. The lowest BCUT2D eigenvalue weighted by Crippen LogP contribution is -2.03. The van der Waals surface area contributed by atoms with Crippen LogP contribution >= 0.6 is 11.3 Å². The van der Waals surface area contributed by atoms with E-state index in [4.69, 9.17) is 9.97 Å². The Bertz CT molecular complexity index is 4570. The van der Waals surface area contributed by atoms with Crippen LogP contribution in [0, 0.1) is 0 Å². The molecule has 0 aliphatic carbocycles. The van der Waals surface area contributed by atoms with Gasteiger partial charge in [-0.05, 0) is 86.6 Å². The molecule has 4 heterocycles. The summed E-state index contributed by atoms with van der Waals surface area (Å²) in [6.45, 7) is 0. The molecular formula is C62H36N4S.